The number of hydrogen-bond donors (Lipinski definition) is 5. The van der Waals surface area contributed by atoms with E-state index in [4.69, 9.17) is 15.3 Å². The molecule has 0 saturated carbocycles. The zero-order chi connectivity index (χ0) is 19.8. The maximum absolute atomic E-state index is 7.57. The second-order valence-corrected chi connectivity index (χ2v) is 4.67. The third kappa shape index (κ3) is 31.3. The molecular formula is C20H39N2O3Ti-. The van der Waals surface area contributed by atoms with E-state index in [-0.39, 0.29) is 41.5 Å². The molecule has 26 heavy (non-hydrogen) atoms. The topological polar surface area (TPSA) is 84.8 Å². The van der Waals surface area contributed by atoms with Crippen LogP contribution in [0.5, 0.6) is 0 Å². The average molecular weight is 403 g/mol. The summed E-state index contributed by atoms with van der Waals surface area (Å²) < 4.78 is 0. The van der Waals surface area contributed by atoms with Gasteiger partial charge in [0.15, 0.2) is 0 Å². The van der Waals surface area contributed by atoms with E-state index in [9.17, 15) is 0 Å². The van der Waals surface area contributed by atoms with Crippen molar-refractivity contribution >= 4 is 6.08 Å². The van der Waals surface area contributed by atoms with Crippen molar-refractivity contribution in [3.8, 4) is 0 Å². The molecule has 152 valence electrons. The second kappa shape index (κ2) is 32.2. The molecule has 5 nitrogen and oxygen atoms in total. The van der Waals surface area contributed by atoms with Crippen LogP contribution in [0, 0.1) is 6.92 Å². The number of aliphatic hydroxyl groups excluding tert-OH is 3. The minimum absolute atomic E-state index is 0. The molecule has 0 aliphatic rings. The van der Waals surface area contributed by atoms with Gasteiger partial charge in [0, 0.05) is 61.2 Å². The first-order valence-electron chi connectivity index (χ1n) is 8.86. The number of rotatable bonds is 8. The van der Waals surface area contributed by atoms with Gasteiger partial charge in [0.1, 0.15) is 0 Å². The van der Waals surface area contributed by atoms with Crippen LogP contribution in [-0.4, -0.2) is 54.8 Å². The van der Waals surface area contributed by atoms with Gasteiger partial charge in [-0.25, -0.2) is 0 Å². The molecule has 0 aliphatic heterocycles. The van der Waals surface area contributed by atoms with Gasteiger partial charge < -0.3 is 32.9 Å². The van der Waals surface area contributed by atoms with Gasteiger partial charge in [-0.2, -0.15) is 6.42 Å². The van der Waals surface area contributed by atoms with Gasteiger partial charge in [-0.05, 0) is 38.4 Å². The van der Waals surface area contributed by atoms with Crippen LogP contribution < -0.4 is 10.6 Å². The zero-order valence-corrected chi connectivity index (χ0v) is 18.4. The molecule has 0 radical (unpaired) electrons. The predicted molar refractivity (Wildman–Crippen MR) is 109 cm³/mol. The van der Waals surface area contributed by atoms with Crippen LogP contribution in [0.15, 0.2) is 30.8 Å². The first-order chi connectivity index (χ1) is 12.1. The molecule has 0 fully saturated rings. The van der Waals surface area contributed by atoms with E-state index in [1.807, 2.05) is 6.08 Å². The van der Waals surface area contributed by atoms with Crippen molar-refractivity contribution in [2.45, 2.75) is 33.7 Å². The first-order valence-corrected chi connectivity index (χ1v) is 8.86. The largest absolute Gasteiger partial charge is 0.397 e. The van der Waals surface area contributed by atoms with Gasteiger partial charge in [0.05, 0.1) is 0 Å². The van der Waals surface area contributed by atoms with Gasteiger partial charge in [-0.15, -0.1) is 0 Å². The normalized spacial score (nSPS) is 8.42. The molecule has 1 aromatic rings. The molecule has 0 aliphatic carbocycles. The molecule has 0 heterocycles. The van der Waals surface area contributed by atoms with Crippen molar-refractivity contribution in [1.82, 2.24) is 10.6 Å². The molecule has 0 amide bonds. The summed E-state index contributed by atoms with van der Waals surface area (Å²) >= 11 is 0. The Morgan fingerprint density at radius 1 is 0.885 bits per heavy atom. The Hall–Kier alpha value is -0.526. The average Bonchev–Trinajstić information content (AvgIpc) is 2.61. The summed E-state index contributed by atoms with van der Waals surface area (Å²) in [7, 11) is 0. The summed E-state index contributed by atoms with van der Waals surface area (Å²) in [5.41, 5.74) is 2.48. The van der Waals surface area contributed by atoms with E-state index in [1.54, 1.807) is 20.8 Å². The van der Waals surface area contributed by atoms with Crippen LogP contribution in [-0.2, 0) is 28.3 Å². The van der Waals surface area contributed by atoms with Crippen LogP contribution in [0.25, 0.3) is 6.08 Å². The van der Waals surface area contributed by atoms with Crippen LogP contribution in [0.1, 0.15) is 38.3 Å². The molecule has 0 spiro atoms. The Balaban J connectivity index is -0.000000205. The third-order valence-electron chi connectivity index (χ3n) is 2.38. The molecule has 0 atom stereocenters. The second-order valence-electron chi connectivity index (χ2n) is 4.67. The number of hydrogen-bond acceptors (Lipinski definition) is 5. The summed E-state index contributed by atoms with van der Waals surface area (Å²) in [5.74, 6) is 0. The Kier molecular flexibility index (Phi) is 40.9. The van der Waals surface area contributed by atoms with Crippen LogP contribution in [0.4, 0.5) is 0 Å². The molecule has 1 rings (SSSR count). The fourth-order valence-electron chi connectivity index (χ4n) is 1.43. The maximum atomic E-state index is 7.57. The molecule has 0 saturated heterocycles. The van der Waals surface area contributed by atoms with Crippen LogP contribution in [0.2, 0.25) is 0 Å². The Morgan fingerprint density at radius 3 is 1.69 bits per heavy atom. The predicted octanol–water partition coefficient (Wildman–Crippen LogP) is 2.23. The van der Waals surface area contributed by atoms with E-state index < -0.39 is 0 Å². The maximum Gasteiger partial charge on any atom is 0.0402 e. The Bertz CT molecular complexity index is 345. The number of aliphatic hydroxyl groups is 3. The molecule has 5 N–H and O–H groups in total. The van der Waals surface area contributed by atoms with Crippen LogP contribution in [0.3, 0.4) is 0 Å². The van der Waals surface area contributed by atoms with Crippen molar-refractivity contribution in [3.63, 3.8) is 0 Å². The van der Waals surface area contributed by atoms with Gasteiger partial charge in [-0.1, -0.05) is 36.9 Å². The number of benzene rings is 1. The quantitative estimate of drug-likeness (QED) is 0.261. The summed E-state index contributed by atoms with van der Waals surface area (Å²) in [6.07, 6.45) is 2.81. The number of nitrogens with one attached hydrogen (secondary N) is 2. The van der Waals surface area contributed by atoms with Crippen molar-refractivity contribution in [2.24, 2.45) is 0 Å². The minimum atomic E-state index is 0. The Morgan fingerprint density at radius 2 is 1.31 bits per heavy atom. The monoisotopic (exact) mass is 403 g/mol. The SMILES string of the molecule is C=Cc1ccc(CNCCNCC[CH2-])cc1.CCO.CCO.CCO.[Ti]. The fourth-order valence-corrected chi connectivity index (χ4v) is 1.43. The summed E-state index contributed by atoms with van der Waals surface area (Å²) in [6, 6.07) is 8.44. The van der Waals surface area contributed by atoms with E-state index in [0.717, 1.165) is 32.6 Å². The summed E-state index contributed by atoms with van der Waals surface area (Å²) in [5, 5.41) is 29.4. The molecule has 0 aromatic heterocycles. The molecule has 1 aromatic carbocycles. The smallest absolute Gasteiger partial charge is 0.0402 e. The third-order valence-corrected chi connectivity index (χ3v) is 2.38. The first kappa shape index (κ1) is 33.1. The Labute approximate surface area is 175 Å². The molecule has 0 unspecified atom stereocenters. The van der Waals surface area contributed by atoms with Crippen LogP contribution >= 0.6 is 0 Å². The van der Waals surface area contributed by atoms with E-state index >= 15 is 0 Å². The molecular weight excluding hydrogens is 364 g/mol. The van der Waals surface area contributed by atoms with Crippen molar-refractivity contribution in [2.75, 3.05) is 39.5 Å². The van der Waals surface area contributed by atoms with Gasteiger partial charge >= 0.3 is 0 Å². The van der Waals surface area contributed by atoms with Crippen molar-refractivity contribution < 1.29 is 37.0 Å². The fraction of sp³-hybridized carbons (Fsp3) is 0.550. The van der Waals surface area contributed by atoms with E-state index in [0.29, 0.717) is 0 Å². The summed E-state index contributed by atoms with van der Waals surface area (Å²) in [6.45, 7) is 17.2. The summed E-state index contributed by atoms with van der Waals surface area (Å²) in [4.78, 5) is 0. The standard InChI is InChI=1S/C14H21N2.3C2H6O.Ti/c1-3-9-15-10-11-16-12-14-7-5-13(4-2)6-8-14;3*1-2-3;/h4-8,15-16H,1-3,9-12H2;3*3H,2H2,1H3;/q-1;;;;. The van der Waals surface area contributed by atoms with Crippen molar-refractivity contribution in [1.29, 1.82) is 0 Å². The van der Waals surface area contributed by atoms with Gasteiger partial charge in [-0.3, -0.25) is 0 Å². The molecule has 0 bridgehead atoms. The van der Waals surface area contributed by atoms with E-state index in [2.05, 4.69) is 48.4 Å². The zero-order valence-electron chi connectivity index (χ0n) is 16.8. The van der Waals surface area contributed by atoms with Crippen molar-refractivity contribution in [3.05, 3.63) is 48.9 Å². The molecule has 6 heteroatoms. The van der Waals surface area contributed by atoms with Gasteiger partial charge in [0.2, 0.25) is 0 Å². The van der Waals surface area contributed by atoms with E-state index in [1.165, 1.54) is 11.1 Å². The van der Waals surface area contributed by atoms with Gasteiger partial charge in [0.25, 0.3) is 0 Å². The minimum Gasteiger partial charge on any atom is -0.397 e.